The van der Waals surface area contributed by atoms with Gasteiger partial charge in [0.2, 0.25) is 0 Å². The Labute approximate surface area is 106 Å². The summed E-state index contributed by atoms with van der Waals surface area (Å²) in [4.78, 5) is 0. The second-order valence-electron chi connectivity index (χ2n) is 4.25. The first-order valence-corrected chi connectivity index (χ1v) is 7.20. The van der Waals surface area contributed by atoms with Gasteiger partial charge in [-0.2, -0.15) is 11.8 Å². The number of hydrogen-bond donors (Lipinski definition) is 2. The van der Waals surface area contributed by atoms with Crippen molar-refractivity contribution in [2.45, 2.75) is 30.6 Å². The van der Waals surface area contributed by atoms with Crippen molar-refractivity contribution in [2.75, 3.05) is 17.3 Å². The summed E-state index contributed by atoms with van der Waals surface area (Å²) in [6.45, 7) is 0. The van der Waals surface area contributed by atoms with E-state index < -0.39 is 0 Å². The van der Waals surface area contributed by atoms with Crippen LogP contribution in [0.15, 0.2) is 18.2 Å². The summed E-state index contributed by atoms with van der Waals surface area (Å²) in [7, 11) is 0. The molecule has 0 radical (unpaired) electrons. The molecule has 0 bridgehead atoms. The van der Waals surface area contributed by atoms with Crippen molar-refractivity contribution < 1.29 is 0 Å². The van der Waals surface area contributed by atoms with Gasteiger partial charge in [0.25, 0.3) is 0 Å². The van der Waals surface area contributed by atoms with E-state index in [2.05, 4.69) is 11.6 Å². The maximum absolute atomic E-state index is 6.13. The van der Waals surface area contributed by atoms with Crippen LogP contribution >= 0.6 is 23.4 Å². The van der Waals surface area contributed by atoms with E-state index >= 15 is 0 Å². The summed E-state index contributed by atoms with van der Waals surface area (Å²) >= 11 is 8.09. The van der Waals surface area contributed by atoms with Gasteiger partial charge in [-0.15, -0.1) is 0 Å². The standard InChI is InChI=1S/C12H17ClN2S/c1-16-10-4-3-9(7-10)15-12-5-2-8(14)6-11(12)13/h2,5-6,9-10,15H,3-4,7,14H2,1H3. The molecule has 4 heteroatoms. The van der Waals surface area contributed by atoms with Crippen LogP contribution in [0.2, 0.25) is 5.02 Å². The zero-order valence-electron chi connectivity index (χ0n) is 9.37. The molecule has 16 heavy (non-hydrogen) atoms. The molecule has 0 aromatic heterocycles. The van der Waals surface area contributed by atoms with E-state index in [4.69, 9.17) is 17.3 Å². The maximum atomic E-state index is 6.13. The van der Waals surface area contributed by atoms with Crippen molar-refractivity contribution in [3.05, 3.63) is 23.2 Å². The van der Waals surface area contributed by atoms with Gasteiger partial charge in [-0.3, -0.25) is 0 Å². The summed E-state index contributed by atoms with van der Waals surface area (Å²) in [5.41, 5.74) is 7.38. The lowest BCUT2D eigenvalue weighted by Gasteiger charge is -2.15. The molecule has 0 aliphatic heterocycles. The van der Waals surface area contributed by atoms with E-state index in [-0.39, 0.29) is 0 Å². The molecule has 0 saturated heterocycles. The van der Waals surface area contributed by atoms with Crippen LogP contribution in [0.3, 0.4) is 0 Å². The van der Waals surface area contributed by atoms with Crippen LogP contribution in [0.25, 0.3) is 0 Å². The normalized spacial score (nSPS) is 24.6. The molecule has 2 unspecified atom stereocenters. The van der Waals surface area contributed by atoms with E-state index in [1.807, 2.05) is 23.9 Å². The molecule has 1 aliphatic rings. The van der Waals surface area contributed by atoms with Crippen molar-refractivity contribution in [1.29, 1.82) is 0 Å². The van der Waals surface area contributed by atoms with Crippen molar-refractivity contribution in [3.8, 4) is 0 Å². The van der Waals surface area contributed by atoms with E-state index in [1.54, 1.807) is 6.07 Å². The summed E-state index contributed by atoms with van der Waals surface area (Å²) in [5.74, 6) is 0. The minimum absolute atomic E-state index is 0.554. The number of halogens is 1. The van der Waals surface area contributed by atoms with Gasteiger partial charge in [0.1, 0.15) is 0 Å². The van der Waals surface area contributed by atoms with Crippen molar-refractivity contribution in [2.24, 2.45) is 0 Å². The topological polar surface area (TPSA) is 38.0 Å². The number of anilines is 2. The Morgan fingerprint density at radius 2 is 2.25 bits per heavy atom. The minimum atomic E-state index is 0.554. The van der Waals surface area contributed by atoms with Crippen LogP contribution < -0.4 is 11.1 Å². The zero-order valence-corrected chi connectivity index (χ0v) is 10.9. The number of benzene rings is 1. The average Bonchev–Trinajstić information content (AvgIpc) is 2.70. The fourth-order valence-electron chi connectivity index (χ4n) is 2.15. The molecule has 88 valence electrons. The van der Waals surface area contributed by atoms with E-state index in [0.29, 0.717) is 16.8 Å². The third-order valence-electron chi connectivity index (χ3n) is 3.07. The molecule has 2 nitrogen and oxygen atoms in total. The smallest absolute Gasteiger partial charge is 0.0658 e. The predicted molar refractivity (Wildman–Crippen MR) is 74.4 cm³/mol. The number of thioether (sulfide) groups is 1. The predicted octanol–water partition coefficient (Wildman–Crippen LogP) is 3.62. The van der Waals surface area contributed by atoms with Crippen LogP contribution in [-0.2, 0) is 0 Å². The fourth-order valence-corrected chi connectivity index (χ4v) is 3.19. The van der Waals surface area contributed by atoms with E-state index in [9.17, 15) is 0 Å². The van der Waals surface area contributed by atoms with E-state index in [0.717, 1.165) is 10.9 Å². The van der Waals surface area contributed by atoms with Gasteiger partial charge in [-0.05, 0) is 43.7 Å². The molecule has 0 amide bonds. The summed E-state index contributed by atoms with van der Waals surface area (Å²) in [5, 5.41) is 5.01. The highest BCUT2D eigenvalue weighted by molar-refractivity contribution is 7.99. The van der Waals surface area contributed by atoms with Crippen LogP contribution in [0, 0.1) is 0 Å². The molecular formula is C12H17ClN2S. The molecule has 1 aromatic carbocycles. The minimum Gasteiger partial charge on any atom is -0.399 e. The zero-order chi connectivity index (χ0) is 11.5. The monoisotopic (exact) mass is 256 g/mol. The summed E-state index contributed by atoms with van der Waals surface area (Å²) in [6.07, 6.45) is 5.93. The maximum Gasteiger partial charge on any atom is 0.0658 e. The molecular weight excluding hydrogens is 240 g/mol. The first-order valence-electron chi connectivity index (χ1n) is 5.53. The molecule has 0 heterocycles. The Balaban J connectivity index is 1.99. The lowest BCUT2D eigenvalue weighted by Crippen LogP contribution is -2.16. The summed E-state index contributed by atoms with van der Waals surface area (Å²) < 4.78 is 0. The average molecular weight is 257 g/mol. The first-order chi connectivity index (χ1) is 7.69. The van der Waals surface area contributed by atoms with E-state index in [1.165, 1.54) is 19.3 Å². The number of nitrogens with two attached hydrogens (primary N) is 1. The van der Waals surface area contributed by atoms with Gasteiger partial charge in [-0.1, -0.05) is 11.6 Å². The van der Waals surface area contributed by atoms with Crippen molar-refractivity contribution in [1.82, 2.24) is 0 Å². The summed E-state index contributed by atoms with van der Waals surface area (Å²) in [6, 6.07) is 6.20. The number of nitrogen functional groups attached to an aromatic ring is 1. The van der Waals surface area contributed by atoms with Gasteiger partial charge in [0.05, 0.1) is 10.7 Å². The van der Waals surface area contributed by atoms with Gasteiger partial charge in [0, 0.05) is 17.0 Å². The largest absolute Gasteiger partial charge is 0.399 e. The third kappa shape index (κ3) is 2.77. The Hall–Kier alpha value is -0.540. The van der Waals surface area contributed by atoms with Crippen LogP contribution in [-0.4, -0.2) is 17.5 Å². The SMILES string of the molecule is CSC1CCC(Nc2ccc(N)cc2Cl)C1. The highest BCUT2D eigenvalue weighted by Gasteiger charge is 2.23. The fraction of sp³-hybridized carbons (Fsp3) is 0.500. The highest BCUT2D eigenvalue weighted by Crippen LogP contribution is 2.32. The molecule has 2 atom stereocenters. The van der Waals surface area contributed by atoms with Crippen LogP contribution in [0.4, 0.5) is 11.4 Å². The third-order valence-corrected chi connectivity index (χ3v) is 4.48. The lowest BCUT2D eigenvalue weighted by molar-refractivity contribution is 0.757. The molecule has 0 spiro atoms. The Morgan fingerprint density at radius 3 is 2.88 bits per heavy atom. The number of nitrogens with one attached hydrogen (secondary N) is 1. The molecule has 1 fully saturated rings. The molecule has 1 saturated carbocycles. The Kier molecular flexibility index (Phi) is 3.87. The number of hydrogen-bond acceptors (Lipinski definition) is 3. The van der Waals surface area contributed by atoms with Gasteiger partial charge < -0.3 is 11.1 Å². The first kappa shape index (κ1) is 11.9. The molecule has 1 aliphatic carbocycles. The highest BCUT2D eigenvalue weighted by atomic mass is 35.5. The quantitative estimate of drug-likeness (QED) is 0.812. The molecule has 1 aromatic rings. The van der Waals surface area contributed by atoms with Crippen LogP contribution in [0.1, 0.15) is 19.3 Å². The van der Waals surface area contributed by atoms with Crippen molar-refractivity contribution >= 4 is 34.7 Å². The second-order valence-corrected chi connectivity index (χ2v) is 5.80. The Morgan fingerprint density at radius 1 is 1.44 bits per heavy atom. The van der Waals surface area contributed by atoms with Crippen molar-refractivity contribution in [3.63, 3.8) is 0 Å². The molecule has 2 rings (SSSR count). The van der Waals surface area contributed by atoms with Gasteiger partial charge in [-0.25, -0.2) is 0 Å². The van der Waals surface area contributed by atoms with Crippen LogP contribution in [0.5, 0.6) is 0 Å². The number of rotatable bonds is 3. The second kappa shape index (κ2) is 5.19. The lowest BCUT2D eigenvalue weighted by atomic mass is 10.2. The van der Waals surface area contributed by atoms with Gasteiger partial charge in [0.15, 0.2) is 0 Å². The Bertz CT molecular complexity index is 370. The van der Waals surface area contributed by atoms with Gasteiger partial charge >= 0.3 is 0 Å². The molecule has 3 N–H and O–H groups in total.